The monoisotopic (exact) mass is 412 g/mol. The average molecular weight is 412 g/mol. The third-order valence-electron chi connectivity index (χ3n) is 4.54. The Hall–Kier alpha value is -2.83. The maximum atomic E-state index is 14.5. The Labute approximate surface area is 162 Å². The number of aryl methyl sites for hydroxylation is 1. The molecule has 0 spiro atoms. The van der Waals surface area contributed by atoms with Crippen molar-refractivity contribution in [1.29, 1.82) is 0 Å². The topological polar surface area (TPSA) is 0 Å². The zero-order chi connectivity index (χ0) is 21.3. The molecule has 0 atom stereocenters. The standard InChI is InChI=1S/C22H15F7/c1-2-3-4-5-12-8-16(23)19(17(24)9-12)13-6-7-15-14(10-13)11-18(25)20(21(15)26)22(27,28)29/h2-3,6-11H,4-5H2,1H3/b3-2+. The fourth-order valence-corrected chi connectivity index (χ4v) is 3.21. The Kier molecular flexibility index (Phi) is 5.68. The lowest BCUT2D eigenvalue weighted by Gasteiger charge is -2.13. The van der Waals surface area contributed by atoms with Crippen LogP contribution in [0.3, 0.4) is 0 Å². The Morgan fingerprint density at radius 3 is 2.10 bits per heavy atom. The second-order valence-corrected chi connectivity index (χ2v) is 6.52. The van der Waals surface area contributed by atoms with E-state index >= 15 is 0 Å². The van der Waals surface area contributed by atoms with Crippen molar-refractivity contribution >= 4 is 10.8 Å². The third-order valence-corrected chi connectivity index (χ3v) is 4.54. The van der Waals surface area contributed by atoms with Gasteiger partial charge in [-0.1, -0.05) is 24.3 Å². The molecule has 0 fully saturated rings. The summed E-state index contributed by atoms with van der Waals surface area (Å²) in [7, 11) is 0. The Balaban J connectivity index is 2.10. The van der Waals surface area contributed by atoms with Gasteiger partial charge in [0.25, 0.3) is 0 Å². The summed E-state index contributed by atoms with van der Waals surface area (Å²) in [6.07, 6.45) is -0.510. The van der Waals surface area contributed by atoms with E-state index in [9.17, 15) is 30.7 Å². The first-order valence-corrected chi connectivity index (χ1v) is 8.72. The molecule has 0 unspecified atom stereocenters. The normalized spacial score (nSPS) is 12.3. The van der Waals surface area contributed by atoms with Crippen LogP contribution in [-0.2, 0) is 12.6 Å². The first kappa shape index (κ1) is 20.9. The highest BCUT2D eigenvalue weighted by Crippen LogP contribution is 2.38. The summed E-state index contributed by atoms with van der Waals surface area (Å²) in [5.41, 5.74) is -2.01. The second-order valence-electron chi connectivity index (χ2n) is 6.52. The Bertz CT molecular complexity index is 1070. The van der Waals surface area contributed by atoms with Crippen LogP contribution in [0.15, 0.2) is 48.6 Å². The molecule has 7 heteroatoms. The van der Waals surface area contributed by atoms with Crippen LogP contribution < -0.4 is 0 Å². The summed E-state index contributed by atoms with van der Waals surface area (Å²) in [5.74, 6) is -5.29. The Morgan fingerprint density at radius 2 is 1.52 bits per heavy atom. The van der Waals surface area contributed by atoms with Gasteiger partial charge in [0.1, 0.15) is 28.8 Å². The van der Waals surface area contributed by atoms with Crippen molar-refractivity contribution in [3.8, 4) is 11.1 Å². The van der Waals surface area contributed by atoms with Gasteiger partial charge in [0.2, 0.25) is 0 Å². The molecule has 0 bridgehead atoms. The minimum atomic E-state index is -5.21. The molecule has 3 aromatic carbocycles. The van der Waals surface area contributed by atoms with E-state index in [1.54, 1.807) is 0 Å². The van der Waals surface area contributed by atoms with E-state index in [2.05, 4.69) is 0 Å². The van der Waals surface area contributed by atoms with Gasteiger partial charge in [-0.25, -0.2) is 17.6 Å². The number of benzene rings is 3. The van der Waals surface area contributed by atoms with E-state index in [1.807, 2.05) is 19.1 Å². The molecule has 0 aliphatic rings. The molecule has 0 saturated carbocycles. The highest BCUT2D eigenvalue weighted by atomic mass is 19.4. The molecule has 0 aliphatic heterocycles. The average Bonchev–Trinajstić information content (AvgIpc) is 2.60. The number of allylic oxidation sites excluding steroid dienone is 2. The lowest BCUT2D eigenvalue weighted by molar-refractivity contribution is -0.142. The quantitative estimate of drug-likeness (QED) is 0.306. The van der Waals surface area contributed by atoms with Crippen LogP contribution in [-0.4, -0.2) is 0 Å². The summed E-state index contributed by atoms with van der Waals surface area (Å²) < 4.78 is 95.7. The molecular formula is C22H15F7. The number of hydrogen-bond acceptors (Lipinski definition) is 0. The summed E-state index contributed by atoms with van der Waals surface area (Å²) >= 11 is 0. The van der Waals surface area contributed by atoms with Crippen LogP contribution in [0.4, 0.5) is 30.7 Å². The predicted octanol–water partition coefficient (Wildman–Crippen LogP) is 7.59. The minimum absolute atomic E-state index is 0.0361. The summed E-state index contributed by atoms with van der Waals surface area (Å²) in [5, 5.41) is -0.729. The van der Waals surface area contributed by atoms with Crippen molar-refractivity contribution in [1.82, 2.24) is 0 Å². The number of fused-ring (bicyclic) bond motifs is 1. The highest BCUT2D eigenvalue weighted by Gasteiger charge is 2.38. The van der Waals surface area contributed by atoms with Crippen LogP contribution in [0.2, 0.25) is 0 Å². The zero-order valence-corrected chi connectivity index (χ0v) is 15.2. The molecule has 0 saturated heterocycles. The van der Waals surface area contributed by atoms with Gasteiger partial charge in [-0.3, -0.25) is 0 Å². The molecule has 0 aliphatic carbocycles. The van der Waals surface area contributed by atoms with Crippen LogP contribution in [0.25, 0.3) is 21.9 Å². The van der Waals surface area contributed by atoms with E-state index < -0.39 is 46.0 Å². The first-order chi connectivity index (χ1) is 13.6. The molecule has 152 valence electrons. The maximum Gasteiger partial charge on any atom is 0.422 e. The van der Waals surface area contributed by atoms with Gasteiger partial charge in [0, 0.05) is 5.39 Å². The lowest BCUT2D eigenvalue weighted by Crippen LogP contribution is -2.11. The molecule has 3 aromatic rings. The van der Waals surface area contributed by atoms with Crippen molar-refractivity contribution in [2.45, 2.75) is 25.9 Å². The largest absolute Gasteiger partial charge is 0.422 e. The molecule has 0 nitrogen and oxygen atoms in total. The SMILES string of the molecule is C/C=C/CCc1cc(F)c(-c2ccc3c(F)c(C(F)(F)F)c(F)cc3c2)c(F)c1. The van der Waals surface area contributed by atoms with E-state index in [4.69, 9.17) is 0 Å². The van der Waals surface area contributed by atoms with Crippen molar-refractivity contribution in [3.63, 3.8) is 0 Å². The van der Waals surface area contributed by atoms with Gasteiger partial charge >= 0.3 is 6.18 Å². The minimum Gasteiger partial charge on any atom is -0.206 e. The highest BCUT2D eigenvalue weighted by molar-refractivity contribution is 5.89. The molecule has 0 radical (unpaired) electrons. The van der Waals surface area contributed by atoms with Crippen molar-refractivity contribution in [2.75, 3.05) is 0 Å². The number of alkyl halides is 3. The number of rotatable bonds is 4. The number of halogens is 7. The van der Waals surface area contributed by atoms with Crippen LogP contribution in [0, 0.1) is 23.3 Å². The smallest absolute Gasteiger partial charge is 0.206 e. The summed E-state index contributed by atoms with van der Waals surface area (Å²) in [4.78, 5) is 0. The fourth-order valence-electron chi connectivity index (χ4n) is 3.21. The second kappa shape index (κ2) is 7.89. The molecule has 29 heavy (non-hydrogen) atoms. The van der Waals surface area contributed by atoms with Gasteiger partial charge in [-0.05, 0) is 60.5 Å². The molecular weight excluding hydrogens is 397 g/mol. The lowest BCUT2D eigenvalue weighted by atomic mass is 9.96. The summed E-state index contributed by atoms with van der Waals surface area (Å²) in [6, 6.07) is 5.95. The number of hydrogen-bond donors (Lipinski definition) is 0. The maximum absolute atomic E-state index is 14.5. The van der Waals surface area contributed by atoms with Gasteiger partial charge in [-0.2, -0.15) is 13.2 Å². The predicted molar refractivity (Wildman–Crippen MR) is 97.4 cm³/mol. The molecule has 0 N–H and O–H groups in total. The fraction of sp³-hybridized carbons (Fsp3) is 0.182. The molecule has 0 amide bonds. The first-order valence-electron chi connectivity index (χ1n) is 8.72. The third kappa shape index (κ3) is 4.13. The van der Waals surface area contributed by atoms with E-state index in [0.29, 0.717) is 24.5 Å². The van der Waals surface area contributed by atoms with E-state index in [1.165, 1.54) is 12.1 Å². The van der Waals surface area contributed by atoms with Crippen molar-refractivity contribution < 1.29 is 30.7 Å². The van der Waals surface area contributed by atoms with Crippen LogP contribution in [0.5, 0.6) is 0 Å². The summed E-state index contributed by atoms with van der Waals surface area (Å²) in [6.45, 7) is 1.83. The van der Waals surface area contributed by atoms with Gasteiger partial charge in [0.05, 0.1) is 5.56 Å². The van der Waals surface area contributed by atoms with Crippen molar-refractivity contribution in [3.05, 3.63) is 82.9 Å². The molecule has 0 aromatic heterocycles. The van der Waals surface area contributed by atoms with Gasteiger partial charge < -0.3 is 0 Å². The van der Waals surface area contributed by atoms with Gasteiger partial charge in [-0.15, -0.1) is 0 Å². The van der Waals surface area contributed by atoms with E-state index in [-0.39, 0.29) is 10.9 Å². The van der Waals surface area contributed by atoms with Crippen LogP contribution >= 0.6 is 0 Å². The zero-order valence-electron chi connectivity index (χ0n) is 15.2. The van der Waals surface area contributed by atoms with Crippen LogP contribution in [0.1, 0.15) is 24.5 Å². The Morgan fingerprint density at radius 1 is 0.862 bits per heavy atom. The van der Waals surface area contributed by atoms with Gasteiger partial charge in [0.15, 0.2) is 0 Å². The molecule has 0 heterocycles. The molecule has 3 rings (SSSR count). The van der Waals surface area contributed by atoms with E-state index in [0.717, 1.165) is 18.2 Å². The van der Waals surface area contributed by atoms with Crippen molar-refractivity contribution in [2.24, 2.45) is 0 Å².